The Balaban J connectivity index is 1.78. The smallest absolute Gasteiger partial charge is 0.254 e. The monoisotopic (exact) mass is 365 g/mol. The summed E-state index contributed by atoms with van der Waals surface area (Å²) in [6, 6.07) is 9.03. The maximum Gasteiger partial charge on any atom is 0.254 e. The van der Waals surface area contributed by atoms with E-state index in [4.69, 9.17) is 0 Å². The molecule has 1 aliphatic heterocycles. The fraction of sp³-hybridized carbons (Fsp3) is 0.350. The molecule has 140 valence electrons. The molecule has 1 aliphatic rings. The van der Waals surface area contributed by atoms with E-state index in [0.717, 1.165) is 36.2 Å². The highest BCUT2D eigenvalue weighted by molar-refractivity contribution is 6.07. The molecule has 1 amide bonds. The third kappa shape index (κ3) is 3.14. The van der Waals surface area contributed by atoms with Gasteiger partial charge < -0.3 is 14.9 Å². The van der Waals surface area contributed by atoms with Crippen molar-refractivity contribution in [2.45, 2.75) is 19.4 Å². The van der Waals surface area contributed by atoms with Crippen LogP contribution in [0.4, 0.5) is 0 Å². The summed E-state index contributed by atoms with van der Waals surface area (Å²) >= 11 is 0. The summed E-state index contributed by atoms with van der Waals surface area (Å²) in [6.07, 6.45) is 0.974. The molecule has 7 heteroatoms. The number of aromatic hydroxyl groups is 1. The van der Waals surface area contributed by atoms with E-state index in [1.807, 2.05) is 32.0 Å². The largest absolute Gasteiger partial charge is 0.508 e. The number of fused-ring (bicyclic) bond motifs is 1. The molecule has 7 nitrogen and oxygen atoms in total. The fourth-order valence-corrected chi connectivity index (χ4v) is 3.65. The zero-order chi connectivity index (χ0) is 19.1. The van der Waals surface area contributed by atoms with Gasteiger partial charge in [-0.25, -0.2) is 4.98 Å². The van der Waals surface area contributed by atoms with Gasteiger partial charge in [0, 0.05) is 24.7 Å². The van der Waals surface area contributed by atoms with E-state index < -0.39 is 0 Å². The number of nitrogens with one attached hydrogen (secondary N) is 1. The Labute approximate surface area is 157 Å². The van der Waals surface area contributed by atoms with Crippen molar-refractivity contribution in [1.82, 2.24) is 25.0 Å². The third-order valence-electron chi connectivity index (χ3n) is 5.29. The van der Waals surface area contributed by atoms with Gasteiger partial charge in [-0.2, -0.15) is 5.10 Å². The number of pyridine rings is 1. The first kappa shape index (κ1) is 17.5. The minimum atomic E-state index is 0.0104. The SMILES string of the molecule is Cc1n[nH]c2nc(-c3ccc(O)cc3)cc(C(=O)N3CCC(N(C)C)C3)c12. The zero-order valence-electron chi connectivity index (χ0n) is 15.7. The summed E-state index contributed by atoms with van der Waals surface area (Å²) in [4.78, 5) is 22.0. The molecule has 27 heavy (non-hydrogen) atoms. The number of aromatic amines is 1. The molecule has 0 spiro atoms. The number of likely N-dealkylation sites (N-methyl/N-ethyl adjacent to an activating group) is 1. The molecule has 1 aromatic carbocycles. The van der Waals surface area contributed by atoms with Crippen LogP contribution in [0, 0.1) is 6.92 Å². The fourth-order valence-electron chi connectivity index (χ4n) is 3.65. The van der Waals surface area contributed by atoms with Gasteiger partial charge in [0.05, 0.1) is 22.3 Å². The second-order valence-electron chi connectivity index (χ2n) is 7.29. The number of hydrogen-bond acceptors (Lipinski definition) is 5. The van der Waals surface area contributed by atoms with Gasteiger partial charge in [0.1, 0.15) is 5.75 Å². The van der Waals surface area contributed by atoms with Crippen molar-refractivity contribution in [1.29, 1.82) is 0 Å². The topological polar surface area (TPSA) is 85.3 Å². The molecular weight excluding hydrogens is 342 g/mol. The van der Waals surface area contributed by atoms with Crippen molar-refractivity contribution < 1.29 is 9.90 Å². The first-order valence-corrected chi connectivity index (χ1v) is 9.05. The molecule has 0 saturated carbocycles. The molecule has 1 saturated heterocycles. The Bertz CT molecular complexity index is 994. The first-order valence-electron chi connectivity index (χ1n) is 9.05. The van der Waals surface area contributed by atoms with E-state index in [1.54, 1.807) is 24.3 Å². The van der Waals surface area contributed by atoms with Crippen LogP contribution in [0.15, 0.2) is 30.3 Å². The second-order valence-corrected chi connectivity index (χ2v) is 7.29. The number of carbonyl (C=O) groups is 1. The van der Waals surface area contributed by atoms with Gasteiger partial charge in [0.15, 0.2) is 5.65 Å². The number of aromatic nitrogens is 3. The maximum absolute atomic E-state index is 13.3. The number of hydrogen-bond donors (Lipinski definition) is 2. The van der Waals surface area contributed by atoms with Gasteiger partial charge >= 0.3 is 0 Å². The van der Waals surface area contributed by atoms with Crippen LogP contribution in [0.1, 0.15) is 22.5 Å². The lowest BCUT2D eigenvalue weighted by atomic mass is 10.0. The predicted molar refractivity (Wildman–Crippen MR) is 104 cm³/mol. The Morgan fingerprint density at radius 1 is 1.30 bits per heavy atom. The number of likely N-dealkylation sites (tertiary alicyclic amines) is 1. The molecule has 0 bridgehead atoms. The summed E-state index contributed by atoms with van der Waals surface area (Å²) in [5, 5.41) is 17.5. The standard InChI is InChI=1S/C20H23N5O2/c1-12-18-16(20(27)25-9-8-14(11-25)24(2)3)10-17(21-19(18)23-22-12)13-4-6-15(26)7-5-13/h4-7,10,14,26H,8-9,11H2,1-3H3,(H,21,22,23). The van der Waals surface area contributed by atoms with Gasteiger partial charge in [-0.3, -0.25) is 9.89 Å². The molecule has 1 fully saturated rings. The lowest BCUT2D eigenvalue weighted by molar-refractivity contribution is 0.0785. The quantitative estimate of drug-likeness (QED) is 0.744. The number of benzene rings is 1. The minimum absolute atomic E-state index is 0.0104. The maximum atomic E-state index is 13.3. The number of amides is 1. The van der Waals surface area contributed by atoms with Crippen LogP contribution < -0.4 is 0 Å². The predicted octanol–water partition coefficient (Wildman–Crippen LogP) is 2.42. The van der Waals surface area contributed by atoms with E-state index >= 15 is 0 Å². The molecule has 0 radical (unpaired) electrons. The van der Waals surface area contributed by atoms with Gasteiger partial charge in [-0.05, 0) is 57.8 Å². The Kier molecular flexibility index (Phi) is 4.31. The molecule has 2 aromatic heterocycles. The van der Waals surface area contributed by atoms with Crippen molar-refractivity contribution in [3.05, 3.63) is 41.6 Å². The van der Waals surface area contributed by atoms with Crippen LogP contribution in [0.2, 0.25) is 0 Å². The van der Waals surface area contributed by atoms with Crippen LogP contribution in [0.3, 0.4) is 0 Å². The van der Waals surface area contributed by atoms with Crippen LogP contribution in [0.25, 0.3) is 22.3 Å². The highest BCUT2D eigenvalue weighted by Crippen LogP contribution is 2.28. The van der Waals surface area contributed by atoms with Crippen LogP contribution >= 0.6 is 0 Å². The second kappa shape index (κ2) is 6.66. The van der Waals surface area contributed by atoms with E-state index in [-0.39, 0.29) is 11.7 Å². The molecular formula is C20H23N5O2. The first-order chi connectivity index (χ1) is 12.9. The van der Waals surface area contributed by atoms with Crippen LogP contribution in [-0.2, 0) is 0 Å². The van der Waals surface area contributed by atoms with E-state index in [0.29, 0.717) is 22.9 Å². The lowest BCUT2D eigenvalue weighted by Gasteiger charge is -2.21. The third-order valence-corrected chi connectivity index (χ3v) is 5.29. The van der Waals surface area contributed by atoms with Gasteiger partial charge in [-0.1, -0.05) is 0 Å². The number of phenolic OH excluding ortho intramolecular Hbond substituents is 1. The van der Waals surface area contributed by atoms with Gasteiger partial charge in [0.25, 0.3) is 5.91 Å². The highest BCUT2D eigenvalue weighted by atomic mass is 16.3. The summed E-state index contributed by atoms with van der Waals surface area (Å²) in [5.41, 5.74) is 3.50. The summed E-state index contributed by atoms with van der Waals surface area (Å²) in [7, 11) is 4.10. The van der Waals surface area contributed by atoms with E-state index in [1.165, 1.54) is 0 Å². The zero-order valence-corrected chi connectivity index (χ0v) is 15.7. The van der Waals surface area contributed by atoms with Gasteiger partial charge in [0.2, 0.25) is 0 Å². The molecule has 1 atom stereocenters. The van der Waals surface area contributed by atoms with Crippen LogP contribution in [-0.4, -0.2) is 69.2 Å². The molecule has 1 unspecified atom stereocenters. The van der Waals surface area contributed by atoms with Crippen molar-refractivity contribution >= 4 is 16.9 Å². The number of nitrogens with zero attached hydrogens (tertiary/aromatic N) is 4. The number of carbonyl (C=O) groups excluding carboxylic acids is 1. The Morgan fingerprint density at radius 3 is 2.70 bits per heavy atom. The molecule has 3 aromatic rings. The molecule has 3 heterocycles. The Morgan fingerprint density at radius 2 is 2.04 bits per heavy atom. The van der Waals surface area contributed by atoms with E-state index in [9.17, 15) is 9.90 Å². The van der Waals surface area contributed by atoms with Crippen molar-refractivity contribution in [2.24, 2.45) is 0 Å². The lowest BCUT2D eigenvalue weighted by Crippen LogP contribution is -2.34. The molecule has 2 N–H and O–H groups in total. The average molecular weight is 365 g/mol. The average Bonchev–Trinajstić information content (AvgIpc) is 3.29. The number of rotatable bonds is 3. The summed E-state index contributed by atoms with van der Waals surface area (Å²) < 4.78 is 0. The normalized spacial score (nSPS) is 17.2. The number of phenols is 1. The molecule has 4 rings (SSSR count). The number of aryl methyl sites for hydroxylation is 1. The van der Waals surface area contributed by atoms with Gasteiger partial charge in [-0.15, -0.1) is 0 Å². The number of H-pyrrole nitrogens is 1. The minimum Gasteiger partial charge on any atom is -0.508 e. The van der Waals surface area contributed by atoms with E-state index in [2.05, 4.69) is 20.1 Å². The van der Waals surface area contributed by atoms with Crippen molar-refractivity contribution in [2.75, 3.05) is 27.2 Å². The van der Waals surface area contributed by atoms with Crippen molar-refractivity contribution in [3.63, 3.8) is 0 Å². The highest BCUT2D eigenvalue weighted by Gasteiger charge is 2.30. The Hall–Kier alpha value is -2.93. The molecule has 0 aliphatic carbocycles. The summed E-state index contributed by atoms with van der Waals surface area (Å²) in [6.45, 7) is 3.35. The summed E-state index contributed by atoms with van der Waals surface area (Å²) in [5.74, 6) is 0.205. The van der Waals surface area contributed by atoms with Crippen molar-refractivity contribution in [3.8, 4) is 17.0 Å². The van der Waals surface area contributed by atoms with Crippen LogP contribution in [0.5, 0.6) is 5.75 Å².